The Morgan fingerprint density at radius 1 is 1.21 bits per heavy atom. The van der Waals surface area contributed by atoms with Crippen molar-refractivity contribution in [2.45, 2.75) is 43.8 Å². The highest BCUT2D eigenvalue weighted by molar-refractivity contribution is 8.00. The van der Waals surface area contributed by atoms with Gasteiger partial charge in [0.25, 0.3) is 5.91 Å². The molecule has 0 saturated carbocycles. The summed E-state index contributed by atoms with van der Waals surface area (Å²) < 4.78 is 19.7. The normalized spacial score (nSPS) is 11.9. The van der Waals surface area contributed by atoms with Gasteiger partial charge < -0.3 is 10.1 Å². The van der Waals surface area contributed by atoms with Gasteiger partial charge in [0.1, 0.15) is 11.1 Å². The van der Waals surface area contributed by atoms with E-state index in [1.807, 2.05) is 20.8 Å². The summed E-state index contributed by atoms with van der Waals surface area (Å²) in [7, 11) is 0. The number of hydrogen-bond donors (Lipinski definition) is 1. The third kappa shape index (κ3) is 6.75. The summed E-state index contributed by atoms with van der Waals surface area (Å²) in [5.74, 6) is -1.41. The Kier molecular flexibility index (Phi) is 8.99. The summed E-state index contributed by atoms with van der Waals surface area (Å²) in [6, 6.07) is 11.1. The zero-order valence-corrected chi connectivity index (χ0v) is 18.3. The fourth-order valence-electron chi connectivity index (χ4n) is 2.49. The van der Waals surface area contributed by atoms with E-state index in [-0.39, 0.29) is 22.6 Å². The van der Waals surface area contributed by atoms with E-state index in [9.17, 15) is 14.0 Å². The lowest BCUT2D eigenvalue weighted by Crippen LogP contribution is -2.26. The summed E-state index contributed by atoms with van der Waals surface area (Å²) >= 11 is 7.42. The largest absolute Gasteiger partial charge is 0.465 e. The Hall–Kier alpha value is -2.05. The molecule has 4 nitrogen and oxygen atoms in total. The predicted octanol–water partition coefficient (Wildman–Crippen LogP) is 6.19. The summed E-state index contributed by atoms with van der Waals surface area (Å²) in [5, 5.41) is 2.25. The third-order valence-corrected chi connectivity index (χ3v) is 6.15. The van der Waals surface area contributed by atoms with E-state index in [4.69, 9.17) is 16.3 Å². The number of thioether (sulfide) groups is 1. The number of hydrogen-bond acceptors (Lipinski definition) is 4. The Bertz CT molecular complexity index is 845. The van der Waals surface area contributed by atoms with Crippen LogP contribution < -0.4 is 5.32 Å². The van der Waals surface area contributed by atoms with Gasteiger partial charge >= 0.3 is 5.97 Å². The van der Waals surface area contributed by atoms with Crippen LogP contribution >= 0.6 is 23.4 Å². The number of nitrogens with one attached hydrogen (secondary N) is 1. The molecule has 0 bridgehead atoms. The highest BCUT2D eigenvalue weighted by Gasteiger charge is 2.26. The van der Waals surface area contributed by atoms with Gasteiger partial charge in [-0.15, -0.1) is 11.8 Å². The van der Waals surface area contributed by atoms with E-state index in [0.29, 0.717) is 17.1 Å². The number of rotatable bonds is 9. The number of amides is 1. The van der Waals surface area contributed by atoms with Crippen molar-refractivity contribution < 1.29 is 18.7 Å². The molecule has 2 rings (SSSR count). The first-order valence-corrected chi connectivity index (χ1v) is 10.8. The lowest BCUT2D eigenvalue weighted by atomic mass is 10.1. The monoisotopic (exact) mass is 437 g/mol. The quantitative estimate of drug-likeness (QED) is 0.288. The molecule has 29 heavy (non-hydrogen) atoms. The van der Waals surface area contributed by atoms with Crippen LogP contribution in [0.2, 0.25) is 5.02 Å². The fraction of sp³-hybridized carbons (Fsp3) is 0.364. The smallest absolute Gasteiger partial charge is 0.319 e. The molecule has 1 N–H and O–H groups in total. The highest BCUT2D eigenvalue weighted by Crippen LogP contribution is 2.37. The first kappa shape index (κ1) is 23.2. The van der Waals surface area contributed by atoms with Gasteiger partial charge in [-0.3, -0.25) is 9.59 Å². The standard InChI is InChI=1S/C22H25ClFNO3S/c1-4-5-11-28-22(27)20(14(2)3)29-19-13-18(17(24)12-16(19)23)25-21(26)15-9-7-6-8-10-15/h6-10,12-14,20H,4-5,11H2,1-3H3,(H,25,26). The van der Waals surface area contributed by atoms with Crippen molar-refractivity contribution in [3.63, 3.8) is 0 Å². The molecule has 0 aromatic heterocycles. The molecular formula is C22H25ClFNO3S. The molecule has 0 heterocycles. The molecule has 1 unspecified atom stereocenters. The van der Waals surface area contributed by atoms with Crippen LogP contribution in [0.25, 0.3) is 0 Å². The van der Waals surface area contributed by atoms with Gasteiger partial charge in [-0.1, -0.05) is 57.0 Å². The highest BCUT2D eigenvalue weighted by atomic mass is 35.5. The molecule has 0 spiro atoms. The van der Waals surface area contributed by atoms with Crippen molar-refractivity contribution >= 4 is 40.9 Å². The van der Waals surface area contributed by atoms with Crippen LogP contribution in [0.4, 0.5) is 10.1 Å². The maximum Gasteiger partial charge on any atom is 0.319 e. The second kappa shape index (κ2) is 11.2. The molecule has 0 radical (unpaired) electrons. The minimum atomic E-state index is -0.643. The molecular weight excluding hydrogens is 413 g/mol. The molecule has 2 aromatic carbocycles. The SMILES string of the molecule is CCCCOC(=O)C(Sc1cc(NC(=O)c2ccccc2)c(F)cc1Cl)C(C)C. The van der Waals surface area contributed by atoms with Gasteiger partial charge in [-0.05, 0) is 36.6 Å². The first-order chi connectivity index (χ1) is 13.8. The van der Waals surface area contributed by atoms with Gasteiger partial charge in [0.05, 0.1) is 17.3 Å². The molecule has 1 atom stereocenters. The van der Waals surface area contributed by atoms with Crippen molar-refractivity contribution in [2.75, 3.05) is 11.9 Å². The maximum atomic E-state index is 14.4. The molecule has 0 saturated heterocycles. The van der Waals surface area contributed by atoms with Crippen molar-refractivity contribution in [3.05, 3.63) is 58.9 Å². The van der Waals surface area contributed by atoms with Gasteiger partial charge in [0, 0.05) is 10.5 Å². The molecule has 156 valence electrons. The van der Waals surface area contributed by atoms with Gasteiger partial charge in [0.15, 0.2) is 0 Å². The van der Waals surface area contributed by atoms with Gasteiger partial charge in [-0.25, -0.2) is 4.39 Å². The van der Waals surface area contributed by atoms with Crippen LogP contribution in [0.1, 0.15) is 44.0 Å². The molecule has 0 aliphatic carbocycles. The summed E-state index contributed by atoms with van der Waals surface area (Å²) in [4.78, 5) is 25.3. The minimum Gasteiger partial charge on any atom is -0.465 e. The summed E-state index contributed by atoms with van der Waals surface area (Å²) in [6.07, 6.45) is 1.73. The first-order valence-electron chi connectivity index (χ1n) is 9.52. The average Bonchev–Trinajstić information content (AvgIpc) is 2.69. The molecule has 0 aliphatic heterocycles. The van der Waals surface area contributed by atoms with Crippen molar-refractivity contribution in [2.24, 2.45) is 5.92 Å². The Balaban J connectivity index is 2.20. The van der Waals surface area contributed by atoms with Crippen molar-refractivity contribution in [1.29, 1.82) is 0 Å². The molecule has 0 fully saturated rings. The second-order valence-electron chi connectivity index (χ2n) is 6.89. The number of benzene rings is 2. The minimum absolute atomic E-state index is 0.00705. The average molecular weight is 438 g/mol. The fourth-order valence-corrected chi connectivity index (χ4v) is 3.84. The van der Waals surface area contributed by atoms with Crippen LogP contribution in [0, 0.1) is 11.7 Å². The van der Waals surface area contributed by atoms with E-state index < -0.39 is 17.0 Å². The molecule has 2 aromatic rings. The Morgan fingerprint density at radius 3 is 2.52 bits per heavy atom. The maximum absolute atomic E-state index is 14.4. The Labute approximate surface area is 180 Å². The number of halogens is 2. The van der Waals surface area contributed by atoms with Crippen LogP contribution in [-0.4, -0.2) is 23.7 Å². The van der Waals surface area contributed by atoms with Crippen molar-refractivity contribution in [1.82, 2.24) is 0 Å². The number of esters is 1. The number of carbonyl (C=O) groups excluding carboxylic acids is 2. The van der Waals surface area contributed by atoms with Gasteiger partial charge in [-0.2, -0.15) is 0 Å². The van der Waals surface area contributed by atoms with E-state index in [1.54, 1.807) is 30.3 Å². The van der Waals surface area contributed by atoms with Gasteiger partial charge in [0.2, 0.25) is 0 Å². The number of unbranched alkanes of at least 4 members (excludes halogenated alkanes) is 1. The number of ether oxygens (including phenoxy) is 1. The molecule has 1 amide bonds. The topological polar surface area (TPSA) is 55.4 Å². The number of anilines is 1. The van der Waals surface area contributed by atoms with Crippen LogP contribution in [0.5, 0.6) is 0 Å². The lowest BCUT2D eigenvalue weighted by molar-refractivity contribution is -0.143. The zero-order valence-electron chi connectivity index (χ0n) is 16.7. The summed E-state index contributed by atoms with van der Waals surface area (Å²) in [5.41, 5.74) is 0.420. The van der Waals surface area contributed by atoms with Crippen LogP contribution in [0.15, 0.2) is 47.4 Å². The molecule has 0 aliphatic rings. The zero-order chi connectivity index (χ0) is 21.4. The molecule has 7 heteroatoms. The van der Waals surface area contributed by atoms with E-state index in [2.05, 4.69) is 5.32 Å². The Morgan fingerprint density at radius 2 is 1.90 bits per heavy atom. The van der Waals surface area contributed by atoms with Crippen LogP contribution in [-0.2, 0) is 9.53 Å². The van der Waals surface area contributed by atoms with E-state index in [0.717, 1.165) is 18.9 Å². The lowest BCUT2D eigenvalue weighted by Gasteiger charge is -2.20. The third-order valence-electron chi connectivity index (χ3n) is 4.14. The number of carbonyl (C=O) groups is 2. The second-order valence-corrected chi connectivity index (χ2v) is 8.48. The van der Waals surface area contributed by atoms with E-state index >= 15 is 0 Å². The predicted molar refractivity (Wildman–Crippen MR) is 116 cm³/mol. The summed E-state index contributed by atoms with van der Waals surface area (Å²) in [6.45, 7) is 6.21. The van der Waals surface area contributed by atoms with Crippen LogP contribution in [0.3, 0.4) is 0 Å². The van der Waals surface area contributed by atoms with Crippen molar-refractivity contribution in [3.8, 4) is 0 Å². The van der Waals surface area contributed by atoms with E-state index in [1.165, 1.54) is 17.8 Å².